The predicted molar refractivity (Wildman–Crippen MR) is 63.7 cm³/mol. The lowest BCUT2D eigenvalue weighted by Gasteiger charge is -2.33. The van der Waals surface area contributed by atoms with Crippen LogP contribution in [0.1, 0.15) is 5.56 Å². The van der Waals surface area contributed by atoms with Crippen molar-refractivity contribution in [1.82, 2.24) is 0 Å². The molecule has 2 rings (SSSR count). The molecule has 4 nitrogen and oxygen atoms in total. The topological polar surface area (TPSA) is 62.1 Å². The molecule has 1 N–H and O–H groups in total. The van der Waals surface area contributed by atoms with E-state index in [1.165, 1.54) is 0 Å². The van der Waals surface area contributed by atoms with Crippen LogP contribution >= 0.6 is 11.6 Å². The molecule has 0 aliphatic carbocycles. The smallest absolute Gasteiger partial charge is 0.249 e. The third-order valence-corrected chi connectivity index (χ3v) is 3.02. The summed E-state index contributed by atoms with van der Waals surface area (Å²) in [7, 11) is 0. The van der Waals surface area contributed by atoms with Gasteiger partial charge < -0.3 is 10.1 Å². The number of carbonyl (C=O) groups excluding carboxylic acids is 1. The first-order valence-corrected chi connectivity index (χ1v) is 5.52. The Labute approximate surface area is 104 Å². The molecule has 0 atom stereocenters. The van der Waals surface area contributed by atoms with E-state index in [-0.39, 0.29) is 19.1 Å². The van der Waals surface area contributed by atoms with E-state index in [1.807, 2.05) is 13.0 Å². The van der Waals surface area contributed by atoms with E-state index in [4.69, 9.17) is 21.6 Å². The van der Waals surface area contributed by atoms with E-state index in [0.717, 1.165) is 5.56 Å². The highest BCUT2D eigenvalue weighted by Gasteiger charge is 2.46. The quantitative estimate of drug-likeness (QED) is 0.875. The molecule has 5 heteroatoms. The highest BCUT2D eigenvalue weighted by Crippen LogP contribution is 2.29. The number of aryl methyl sites for hydroxylation is 1. The molecule has 0 bridgehead atoms. The van der Waals surface area contributed by atoms with Crippen LogP contribution in [0.4, 0.5) is 5.69 Å². The maximum absolute atomic E-state index is 11.9. The van der Waals surface area contributed by atoms with Crippen molar-refractivity contribution in [3.8, 4) is 6.07 Å². The number of rotatable bonds is 2. The molecule has 1 aromatic carbocycles. The molecule has 88 valence electrons. The van der Waals surface area contributed by atoms with Crippen LogP contribution in [0.5, 0.6) is 0 Å². The van der Waals surface area contributed by atoms with Gasteiger partial charge in [-0.25, -0.2) is 0 Å². The number of nitrogens with one attached hydrogen (secondary N) is 1. The first-order chi connectivity index (χ1) is 8.07. The molecule has 1 aromatic rings. The van der Waals surface area contributed by atoms with Gasteiger partial charge in [-0.05, 0) is 30.7 Å². The van der Waals surface area contributed by atoms with Gasteiger partial charge in [-0.15, -0.1) is 0 Å². The van der Waals surface area contributed by atoms with Crippen LogP contribution in [-0.4, -0.2) is 19.1 Å². The van der Waals surface area contributed by atoms with Gasteiger partial charge in [0.05, 0.1) is 19.3 Å². The number of nitrogens with zero attached hydrogens (tertiary/aromatic N) is 1. The third kappa shape index (κ3) is 2.12. The number of halogens is 1. The zero-order valence-corrected chi connectivity index (χ0v) is 10.0. The van der Waals surface area contributed by atoms with Crippen molar-refractivity contribution in [3.63, 3.8) is 0 Å². The number of anilines is 1. The Morgan fingerprint density at radius 3 is 2.76 bits per heavy atom. The minimum absolute atomic E-state index is 0.155. The van der Waals surface area contributed by atoms with Crippen molar-refractivity contribution >= 4 is 23.2 Å². The van der Waals surface area contributed by atoms with Gasteiger partial charge in [0.25, 0.3) is 0 Å². The van der Waals surface area contributed by atoms with Gasteiger partial charge >= 0.3 is 0 Å². The summed E-state index contributed by atoms with van der Waals surface area (Å²) < 4.78 is 4.93. The van der Waals surface area contributed by atoms with Crippen LogP contribution < -0.4 is 5.32 Å². The second kappa shape index (κ2) is 4.36. The minimum Gasteiger partial charge on any atom is -0.377 e. The molecular weight excluding hydrogens is 240 g/mol. The normalized spacial score (nSPS) is 16.8. The summed E-state index contributed by atoms with van der Waals surface area (Å²) in [4.78, 5) is 11.9. The van der Waals surface area contributed by atoms with Crippen LogP contribution in [0.15, 0.2) is 18.2 Å². The summed E-state index contributed by atoms with van der Waals surface area (Å²) in [5.41, 5.74) is 0.492. The van der Waals surface area contributed by atoms with Crippen molar-refractivity contribution in [2.45, 2.75) is 6.92 Å². The Kier molecular flexibility index (Phi) is 3.05. The van der Waals surface area contributed by atoms with Crippen LogP contribution in [0.25, 0.3) is 0 Å². The second-order valence-corrected chi connectivity index (χ2v) is 4.54. The lowest BCUT2D eigenvalue weighted by Crippen LogP contribution is -2.50. The van der Waals surface area contributed by atoms with Crippen molar-refractivity contribution in [3.05, 3.63) is 28.8 Å². The number of amides is 1. The fourth-order valence-electron chi connectivity index (χ4n) is 1.56. The monoisotopic (exact) mass is 250 g/mol. The number of nitriles is 1. The molecule has 1 saturated heterocycles. The fourth-order valence-corrected chi connectivity index (χ4v) is 1.79. The molecule has 0 spiro atoms. The summed E-state index contributed by atoms with van der Waals surface area (Å²) in [6, 6.07) is 7.18. The number of hydrogen-bond donors (Lipinski definition) is 1. The van der Waals surface area contributed by atoms with Crippen molar-refractivity contribution < 1.29 is 9.53 Å². The Bertz CT molecular complexity index is 504. The zero-order chi connectivity index (χ0) is 12.5. The maximum Gasteiger partial charge on any atom is 0.249 e. The summed E-state index contributed by atoms with van der Waals surface area (Å²) >= 11 is 5.82. The van der Waals surface area contributed by atoms with E-state index < -0.39 is 5.41 Å². The summed E-state index contributed by atoms with van der Waals surface area (Å²) in [5.74, 6) is -0.323. The van der Waals surface area contributed by atoms with Gasteiger partial charge in [0, 0.05) is 10.7 Å². The van der Waals surface area contributed by atoms with Gasteiger partial charge in [0.2, 0.25) is 5.91 Å². The second-order valence-electron chi connectivity index (χ2n) is 4.10. The van der Waals surface area contributed by atoms with Gasteiger partial charge in [0.15, 0.2) is 5.41 Å². The number of ether oxygens (including phenoxy) is 1. The largest absolute Gasteiger partial charge is 0.377 e. The number of benzene rings is 1. The summed E-state index contributed by atoms with van der Waals surface area (Å²) in [6.45, 7) is 2.15. The Hall–Kier alpha value is -1.57. The Balaban J connectivity index is 2.16. The average Bonchev–Trinajstić information content (AvgIpc) is 2.21. The minimum atomic E-state index is -1.04. The van der Waals surface area contributed by atoms with Crippen LogP contribution in [0, 0.1) is 23.7 Å². The lowest BCUT2D eigenvalue weighted by molar-refractivity contribution is -0.144. The van der Waals surface area contributed by atoms with Gasteiger partial charge in [-0.3, -0.25) is 4.79 Å². The molecule has 0 aromatic heterocycles. The standard InChI is InChI=1S/C12H11ClN2O2/c1-8-4-9(13)2-3-10(8)15-11(16)12(5-14)6-17-7-12/h2-4H,6-7H2,1H3,(H,15,16). The molecule has 1 aliphatic heterocycles. The Morgan fingerprint density at radius 2 is 2.29 bits per heavy atom. The number of carbonyl (C=O) groups is 1. The highest BCUT2D eigenvalue weighted by molar-refractivity contribution is 6.30. The van der Waals surface area contributed by atoms with E-state index in [0.29, 0.717) is 10.7 Å². The molecule has 1 aliphatic rings. The maximum atomic E-state index is 11.9. The van der Waals surface area contributed by atoms with Crippen LogP contribution in [-0.2, 0) is 9.53 Å². The first kappa shape index (κ1) is 11.9. The van der Waals surface area contributed by atoms with Crippen LogP contribution in [0.3, 0.4) is 0 Å². The fraction of sp³-hybridized carbons (Fsp3) is 0.333. The van der Waals surface area contributed by atoms with Crippen molar-refractivity contribution in [1.29, 1.82) is 5.26 Å². The van der Waals surface area contributed by atoms with Gasteiger partial charge in [0.1, 0.15) is 0 Å². The molecule has 1 heterocycles. The van der Waals surface area contributed by atoms with E-state index in [2.05, 4.69) is 5.32 Å². The van der Waals surface area contributed by atoms with E-state index in [1.54, 1.807) is 18.2 Å². The molecule has 0 saturated carbocycles. The summed E-state index contributed by atoms with van der Waals surface area (Å²) in [5, 5.41) is 12.3. The number of hydrogen-bond acceptors (Lipinski definition) is 3. The zero-order valence-electron chi connectivity index (χ0n) is 9.29. The van der Waals surface area contributed by atoms with Gasteiger partial charge in [-0.1, -0.05) is 11.6 Å². The molecule has 1 amide bonds. The Morgan fingerprint density at radius 1 is 1.59 bits per heavy atom. The SMILES string of the molecule is Cc1cc(Cl)ccc1NC(=O)C1(C#N)COC1. The van der Waals surface area contributed by atoms with Gasteiger partial charge in [-0.2, -0.15) is 5.26 Å². The van der Waals surface area contributed by atoms with Crippen molar-refractivity contribution in [2.24, 2.45) is 5.41 Å². The van der Waals surface area contributed by atoms with Crippen molar-refractivity contribution in [2.75, 3.05) is 18.5 Å². The molecule has 1 fully saturated rings. The lowest BCUT2D eigenvalue weighted by atomic mass is 9.86. The highest BCUT2D eigenvalue weighted by atomic mass is 35.5. The first-order valence-electron chi connectivity index (χ1n) is 5.14. The van der Waals surface area contributed by atoms with Crippen LogP contribution in [0.2, 0.25) is 5.02 Å². The molecule has 0 radical (unpaired) electrons. The van der Waals surface area contributed by atoms with E-state index in [9.17, 15) is 4.79 Å². The average molecular weight is 251 g/mol. The molecule has 0 unspecified atom stereocenters. The molecule has 17 heavy (non-hydrogen) atoms. The molecular formula is C12H11ClN2O2. The van der Waals surface area contributed by atoms with E-state index >= 15 is 0 Å². The predicted octanol–water partition coefficient (Wildman–Crippen LogP) is 2.13. The summed E-state index contributed by atoms with van der Waals surface area (Å²) in [6.07, 6.45) is 0. The third-order valence-electron chi connectivity index (χ3n) is 2.78.